The molecule has 3 heterocycles. The number of anilines is 4. The van der Waals surface area contributed by atoms with Crippen LogP contribution in [0.3, 0.4) is 0 Å². The molecule has 3 aliphatic rings. The van der Waals surface area contributed by atoms with Crippen LogP contribution in [-0.2, 0) is 20.8 Å². The second kappa shape index (κ2) is 9.55. The van der Waals surface area contributed by atoms with Crippen molar-refractivity contribution < 1.29 is 14.3 Å². The molecule has 1 N–H and O–H groups in total. The summed E-state index contributed by atoms with van der Waals surface area (Å²) in [6.45, 7) is 10.0. The summed E-state index contributed by atoms with van der Waals surface area (Å²) in [5.41, 5.74) is 3.86. The van der Waals surface area contributed by atoms with Gasteiger partial charge in [0.2, 0.25) is 5.91 Å². The molecule has 0 atom stereocenters. The van der Waals surface area contributed by atoms with Crippen molar-refractivity contribution in [2.45, 2.75) is 64.7 Å². The first-order valence-corrected chi connectivity index (χ1v) is 12.5. The number of carbonyl (C=O) groups is 1. The minimum Gasteiger partial charge on any atom is -0.378 e. The van der Waals surface area contributed by atoms with Gasteiger partial charge >= 0.3 is 0 Å². The summed E-state index contributed by atoms with van der Waals surface area (Å²) in [5, 5.41) is 3.49. The number of benzene rings is 1. The number of rotatable bonds is 3. The number of pyridine rings is 1. The van der Waals surface area contributed by atoms with E-state index in [1.54, 1.807) is 6.20 Å². The summed E-state index contributed by atoms with van der Waals surface area (Å²) in [6, 6.07) is 10.4. The van der Waals surface area contributed by atoms with Crippen LogP contribution in [0.15, 0.2) is 36.5 Å². The lowest BCUT2D eigenvalue weighted by atomic mass is 9.86. The van der Waals surface area contributed by atoms with E-state index < -0.39 is 0 Å². The summed E-state index contributed by atoms with van der Waals surface area (Å²) in [5.74, 6) is 1.03. The van der Waals surface area contributed by atoms with Crippen molar-refractivity contribution >= 4 is 28.8 Å². The molecule has 1 aromatic carbocycles. The second-order valence-corrected chi connectivity index (χ2v) is 10.6. The zero-order chi connectivity index (χ0) is 23.7. The number of morpholine rings is 1. The van der Waals surface area contributed by atoms with Crippen LogP contribution in [0.1, 0.15) is 52.0 Å². The minimum absolute atomic E-state index is 0.0120. The number of nitrogens with zero attached hydrogens (tertiary/aromatic N) is 3. The van der Waals surface area contributed by atoms with E-state index in [2.05, 4.69) is 60.2 Å². The SMILES string of the molecule is CC(C)(C)OC1CCC(C(=O)N2Cc3cccnc3Nc3ccc(N4CCOCC4)cc32)CC1. The molecule has 2 aromatic rings. The molecule has 182 valence electrons. The lowest BCUT2D eigenvalue weighted by Gasteiger charge is -2.35. The van der Waals surface area contributed by atoms with E-state index in [1.165, 1.54) is 0 Å². The standard InChI is InChI=1S/C27H36N4O3/c1-27(2,3)34-22-9-6-19(7-10-22)26(32)31-18-20-5-4-12-28-25(20)29-23-11-8-21(17-24(23)31)30-13-15-33-16-14-30/h4-5,8,11-12,17,19,22H,6-7,9-10,13-16,18H2,1-3H3,(H,28,29). The first-order chi connectivity index (χ1) is 16.4. The third-order valence-corrected chi connectivity index (χ3v) is 6.93. The number of hydrogen-bond acceptors (Lipinski definition) is 6. The van der Waals surface area contributed by atoms with Gasteiger partial charge in [0.25, 0.3) is 0 Å². The summed E-state index contributed by atoms with van der Waals surface area (Å²) < 4.78 is 11.7. The van der Waals surface area contributed by atoms with Crippen LogP contribution in [0.4, 0.5) is 22.9 Å². The van der Waals surface area contributed by atoms with Crippen LogP contribution in [-0.4, -0.2) is 48.9 Å². The Morgan fingerprint density at radius 3 is 2.62 bits per heavy atom. The maximum Gasteiger partial charge on any atom is 0.230 e. The van der Waals surface area contributed by atoms with Crippen LogP contribution in [0.5, 0.6) is 0 Å². The molecule has 1 saturated carbocycles. The molecule has 1 amide bonds. The lowest BCUT2D eigenvalue weighted by molar-refractivity contribution is -0.126. The summed E-state index contributed by atoms with van der Waals surface area (Å²) >= 11 is 0. The number of aromatic nitrogens is 1. The summed E-state index contributed by atoms with van der Waals surface area (Å²) in [4.78, 5) is 22.8. The summed E-state index contributed by atoms with van der Waals surface area (Å²) in [6.07, 6.45) is 5.61. The highest BCUT2D eigenvalue weighted by Crippen LogP contribution is 2.40. The molecule has 2 aliphatic heterocycles. The van der Waals surface area contributed by atoms with Crippen molar-refractivity contribution in [2.75, 3.05) is 41.4 Å². The molecule has 1 aromatic heterocycles. The first kappa shape index (κ1) is 23.1. The smallest absolute Gasteiger partial charge is 0.230 e. The molecule has 0 spiro atoms. The maximum atomic E-state index is 14.0. The van der Waals surface area contributed by atoms with Crippen molar-refractivity contribution in [3.63, 3.8) is 0 Å². The van der Waals surface area contributed by atoms with E-state index in [1.807, 2.05) is 11.0 Å². The predicted molar refractivity (Wildman–Crippen MR) is 135 cm³/mol. The molecule has 1 saturated heterocycles. The Balaban J connectivity index is 1.42. The highest BCUT2D eigenvalue weighted by molar-refractivity contribution is 6.00. The Kier molecular flexibility index (Phi) is 6.49. The Morgan fingerprint density at radius 1 is 1.12 bits per heavy atom. The number of amides is 1. The first-order valence-electron chi connectivity index (χ1n) is 12.5. The van der Waals surface area contributed by atoms with Crippen molar-refractivity contribution in [1.29, 1.82) is 0 Å². The van der Waals surface area contributed by atoms with Gasteiger partial charge < -0.3 is 24.6 Å². The van der Waals surface area contributed by atoms with Crippen LogP contribution < -0.4 is 15.1 Å². The molecule has 0 unspecified atom stereocenters. The quantitative estimate of drug-likeness (QED) is 0.698. The number of ether oxygens (including phenoxy) is 2. The molecule has 7 heteroatoms. The van der Waals surface area contributed by atoms with Crippen LogP contribution >= 0.6 is 0 Å². The van der Waals surface area contributed by atoms with Gasteiger partial charge in [-0.05, 0) is 70.7 Å². The van der Waals surface area contributed by atoms with Crippen LogP contribution in [0, 0.1) is 5.92 Å². The van der Waals surface area contributed by atoms with Crippen LogP contribution in [0.25, 0.3) is 0 Å². The van der Waals surface area contributed by atoms with Gasteiger partial charge in [0.05, 0.1) is 42.8 Å². The van der Waals surface area contributed by atoms with Gasteiger partial charge in [-0.2, -0.15) is 0 Å². The van der Waals surface area contributed by atoms with Gasteiger partial charge in [-0.1, -0.05) is 6.07 Å². The highest BCUT2D eigenvalue weighted by Gasteiger charge is 2.34. The van der Waals surface area contributed by atoms with Gasteiger partial charge in [0, 0.05) is 36.5 Å². The zero-order valence-corrected chi connectivity index (χ0v) is 20.5. The number of nitrogens with one attached hydrogen (secondary N) is 1. The van der Waals surface area contributed by atoms with Crippen molar-refractivity contribution in [2.24, 2.45) is 5.92 Å². The number of carbonyl (C=O) groups excluding carboxylic acids is 1. The van der Waals surface area contributed by atoms with E-state index in [9.17, 15) is 4.79 Å². The molecule has 0 radical (unpaired) electrons. The molecule has 2 fully saturated rings. The average Bonchev–Trinajstić information content (AvgIpc) is 3.00. The predicted octanol–water partition coefficient (Wildman–Crippen LogP) is 4.88. The van der Waals surface area contributed by atoms with Crippen LogP contribution in [0.2, 0.25) is 0 Å². The molecule has 34 heavy (non-hydrogen) atoms. The lowest BCUT2D eigenvalue weighted by Crippen LogP contribution is -2.39. The topological polar surface area (TPSA) is 66.9 Å². The molecular formula is C27H36N4O3. The maximum absolute atomic E-state index is 14.0. The molecular weight excluding hydrogens is 428 g/mol. The fourth-order valence-electron chi connectivity index (χ4n) is 5.27. The Hall–Kier alpha value is -2.64. The minimum atomic E-state index is -0.149. The van der Waals surface area contributed by atoms with E-state index >= 15 is 0 Å². The zero-order valence-electron chi connectivity index (χ0n) is 20.5. The average molecular weight is 465 g/mol. The van der Waals surface area contributed by atoms with Gasteiger partial charge in [-0.3, -0.25) is 4.79 Å². The van der Waals surface area contributed by atoms with Gasteiger partial charge in [-0.15, -0.1) is 0 Å². The molecule has 7 nitrogen and oxygen atoms in total. The molecule has 1 aliphatic carbocycles. The van der Waals surface area contributed by atoms with Crippen molar-refractivity contribution in [1.82, 2.24) is 4.98 Å². The third kappa shape index (κ3) is 5.05. The fraction of sp³-hybridized carbons (Fsp3) is 0.556. The largest absolute Gasteiger partial charge is 0.378 e. The monoisotopic (exact) mass is 464 g/mol. The molecule has 5 rings (SSSR count). The molecule has 0 bridgehead atoms. The van der Waals surface area contributed by atoms with E-state index in [0.717, 1.165) is 80.4 Å². The Bertz CT molecular complexity index is 1020. The fourth-order valence-corrected chi connectivity index (χ4v) is 5.27. The highest BCUT2D eigenvalue weighted by atomic mass is 16.5. The summed E-state index contributed by atoms with van der Waals surface area (Å²) in [7, 11) is 0. The third-order valence-electron chi connectivity index (χ3n) is 6.93. The Labute approximate surface area is 202 Å². The van der Waals surface area contributed by atoms with Crippen molar-refractivity contribution in [3.05, 3.63) is 42.1 Å². The second-order valence-electron chi connectivity index (χ2n) is 10.6. The van der Waals surface area contributed by atoms with Crippen molar-refractivity contribution in [3.8, 4) is 0 Å². The normalized spacial score (nSPS) is 22.9. The number of hydrogen-bond donors (Lipinski definition) is 1. The van der Waals surface area contributed by atoms with Gasteiger partial charge in [0.15, 0.2) is 0 Å². The Morgan fingerprint density at radius 2 is 1.88 bits per heavy atom. The number of fused-ring (bicyclic) bond motifs is 2. The van der Waals surface area contributed by atoms with Gasteiger partial charge in [-0.25, -0.2) is 4.98 Å². The van der Waals surface area contributed by atoms with E-state index in [0.29, 0.717) is 6.54 Å². The van der Waals surface area contributed by atoms with E-state index in [4.69, 9.17) is 9.47 Å². The van der Waals surface area contributed by atoms with E-state index in [-0.39, 0.29) is 23.5 Å². The van der Waals surface area contributed by atoms with Gasteiger partial charge in [0.1, 0.15) is 5.82 Å².